The number of benzene rings is 1. The molecule has 0 amide bonds. The molecule has 1 aromatic heterocycles. The molecule has 0 fully saturated rings. The topological polar surface area (TPSA) is 90.0 Å². The Morgan fingerprint density at radius 3 is 2.75 bits per heavy atom. The fourth-order valence-corrected chi connectivity index (χ4v) is 3.84. The number of hydrogen-bond acceptors (Lipinski definition) is 4. The first-order valence-electron chi connectivity index (χ1n) is 6.00. The van der Waals surface area contributed by atoms with Gasteiger partial charge in [-0.15, -0.1) is 0 Å². The zero-order valence-electron chi connectivity index (χ0n) is 10.9. The molecule has 2 aromatic rings. The summed E-state index contributed by atoms with van der Waals surface area (Å²) in [6.45, 7) is 2.96. The number of halogens is 1. The van der Waals surface area contributed by atoms with Crippen molar-refractivity contribution in [2.24, 2.45) is 5.73 Å². The molecule has 0 radical (unpaired) electrons. The minimum atomic E-state index is -3.65. The van der Waals surface area contributed by atoms with E-state index >= 15 is 0 Å². The highest BCUT2D eigenvalue weighted by atomic mass is 79.9. The number of anilines is 1. The average molecular weight is 359 g/mol. The lowest BCUT2D eigenvalue weighted by Gasteiger charge is -2.09. The lowest BCUT2D eigenvalue weighted by Crippen LogP contribution is -2.13. The predicted octanol–water partition coefficient (Wildman–Crippen LogP) is 1.92. The van der Waals surface area contributed by atoms with Gasteiger partial charge in [-0.2, -0.15) is 5.10 Å². The molecule has 8 heteroatoms. The Bertz CT molecular complexity index is 712. The molecular formula is C12H15BrN4O2S. The highest BCUT2D eigenvalue weighted by Gasteiger charge is 2.18. The van der Waals surface area contributed by atoms with E-state index in [1.807, 2.05) is 6.92 Å². The second kappa shape index (κ2) is 5.94. The fourth-order valence-electron chi connectivity index (χ4n) is 1.69. The maximum Gasteiger partial charge on any atom is 0.263 e. The van der Waals surface area contributed by atoms with Crippen LogP contribution in [-0.2, 0) is 23.1 Å². The summed E-state index contributed by atoms with van der Waals surface area (Å²) < 4.78 is 29.2. The van der Waals surface area contributed by atoms with E-state index in [0.29, 0.717) is 23.2 Å². The lowest BCUT2D eigenvalue weighted by atomic mass is 10.2. The van der Waals surface area contributed by atoms with Crippen molar-refractivity contribution in [3.63, 3.8) is 0 Å². The van der Waals surface area contributed by atoms with Crippen molar-refractivity contribution in [3.8, 4) is 0 Å². The minimum Gasteiger partial charge on any atom is -0.326 e. The summed E-state index contributed by atoms with van der Waals surface area (Å²) in [4.78, 5) is 0.166. The van der Waals surface area contributed by atoms with E-state index in [4.69, 9.17) is 5.73 Å². The van der Waals surface area contributed by atoms with E-state index in [9.17, 15) is 8.42 Å². The zero-order valence-corrected chi connectivity index (χ0v) is 13.3. The van der Waals surface area contributed by atoms with E-state index in [2.05, 4.69) is 25.8 Å². The third-order valence-electron chi connectivity index (χ3n) is 2.73. The van der Waals surface area contributed by atoms with Crippen LogP contribution in [0.25, 0.3) is 0 Å². The van der Waals surface area contributed by atoms with Gasteiger partial charge in [-0.25, -0.2) is 8.42 Å². The molecule has 0 aliphatic rings. The summed E-state index contributed by atoms with van der Waals surface area (Å²) in [5, 5.41) is 4.02. The molecule has 1 heterocycles. The highest BCUT2D eigenvalue weighted by molar-refractivity contribution is 9.10. The van der Waals surface area contributed by atoms with Gasteiger partial charge in [-0.05, 0) is 40.5 Å². The minimum absolute atomic E-state index is 0.166. The van der Waals surface area contributed by atoms with Gasteiger partial charge in [0.1, 0.15) is 4.90 Å². The largest absolute Gasteiger partial charge is 0.326 e. The summed E-state index contributed by atoms with van der Waals surface area (Å²) >= 11 is 3.26. The van der Waals surface area contributed by atoms with Crippen molar-refractivity contribution in [3.05, 3.63) is 40.6 Å². The van der Waals surface area contributed by atoms with Crippen molar-refractivity contribution >= 4 is 31.6 Å². The van der Waals surface area contributed by atoms with E-state index in [-0.39, 0.29) is 4.90 Å². The standard InChI is InChI=1S/C12H15BrN4O2S/c1-2-17-8-10(7-15-17)16-20(18,19)12-4-3-9(6-14)5-11(12)13/h3-5,7-8,16H,2,6,14H2,1H3. The van der Waals surface area contributed by atoms with Crippen molar-refractivity contribution < 1.29 is 8.42 Å². The van der Waals surface area contributed by atoms with E-state index in [1.165, 1.54) is 12.3 Å². The number of aryl methyl sites for hydroxylation is 1. The van der Waals surface area contributed by atoms with Crippen molar-refractivity contribution in [2.75, 3.05) is 4.72 Å². The van der Waals surface area contributed by atoms with E-state index in [0.717, 1.165) is 5.56 Å². The predicted molar refractivity (Wildman–Crippen MR) is 80.7 cm³/mol. The Morgan fingerprint density at radius 1 is 1.45 bits per heavy atom. The molecule has 108 valence electrons. The smallest absolute Gasteiger partial charge is 0.263 e. The Hall–Kier alpha value is -1.38. The first-order chi connectivity index (χ1) is 9.46. The second-order valence-corrected chi connectivity index (χ2v) is 6.66. The van der Waals surface area contributed by atoms with Crippen LogP contribution in [0.2, 0.25) is 0 Å². The Kier molecular flexibility index (Phi) is 4.46. The van der Waals surface area contributed by atoms with Crippen molar-refractivity contribution in [2.45, 2.75) is 24.9 Å². The normalized spacial score (nSPS) is 11.6. The average Bonchev–Trinajstić information content (AvgIpc) is 2.85. The molecule has 0 aliphatic carbocycles. The van der Waals surface area contributed by atoms with Crippen LogP contribution in [0.4, 0.5) is 5.69 Å². The van der Waals surface area contributed by atoms with Crippen LogP contribution in [0.3, 0.4) is 0 Å². The van der Waals surface area contributed by atoms with Gasteiger partial charge in [-0.3, -0.25) is 9.40 Å². The highest BCUT2D eigenvalue weighted by Crippen LogP contribution is 2.25. The summed E-state index contributed by atoms with van der Waals surface area (Å²) in [5.74, 6) is 0. The monoisotopic (exact) mass is 358 g/mol. The lowest BCUT2D eigenvalue weighted by molar-refractivity contribution is 0.600. The van der Waals surface area contributed by atoms with Gasteiger partial charge in [-0.1, -0.05) is 6.07 Å². The summed E-state index contributed by atoms with van der Waals surface area (Å²) in [7, 11) is -3.65. The molecule has 0 saturated carbocycles. The molecule has 0 unspecified atom stereocenters. The molecule has 0 atom stereocenters. The molecular weight excluding hydrogens is 344 g/mol. The molecule has 0 aliphatic heterocycles. The Balaban J connectivity index is 2.30. The van der Waals surface area contributed by atoms with Crippen LogP contribution in [0, 0.1) is 0 Å². The van der Waals surface area contributed by atoms with Gasteiger partial charge in [0.2, 0.25) is 0 Å². The first kappa shape index (κ1) is 15.0. The van der Waals surface area contributed by atoms with Crippen LogP contribution in [0.1, 0.15) is 12.5 Å². The molecule has 0 bridgehead atoms. The van der Waals surface area contributed by atoms with Crippen molar-refractivity contribution in [1.82, 2.24) is 9.78 Å². The fraction of sp³-hybridized carbons (Fsp3) is 0.250. The molecule has 1 aromatic carbocycles. The number of nitrogens with zero attached hydrogens (tertiary/aromatic N) is 2. The SMILES string of the molecule is CCn1cc(NS(=O)(=O)c2ccc(CN)cc2Br)cn1. The summed E-state index contributed by atoms with van der Waals surface area (Å²) in [5.41, 5.74) is 6.81. The van der Waals surface area contributed by atoms with Crippen LogP contribution in [0.15, 0.2) is 40.0 Å². The van der Waals surface area contributed by atoms with Gasteiger partial charge >= 0.3 is 0 Å². The van der Waals surface area contributed by atoms with Gasteiger partial charge < -0.3 is 5.73 Å². The molecule has 2 rings (SSSR count). The van der Waals surface area contributed by atoms with Crippen LogP contribution >= 0.6 is 15.9 Å². The Labute approximate surface area is 126 Å². The Morgan fingerprint density at radius 2 is 2.20 bits per heavy atom. The maximum atomic E-state index is 12.3. The molecule has 6 nitrogen and oxygen atoms in total. The van der Waals surface area contributed by atoms with Gasteiger partial charge in [0.15, 0.2) is 0 Å². The third kappa shape index (κ3) is 3.20. The molecule has 20 heavy (non-hydrogen) atoms. The van der Waals surface area contributed by atoms with Crippen molar-refractivity contribution in [1.29, 1.82) is 0 Å². The number of rotatable bonds is 5. The first-order valence-corrected chi connectivity index (χ1v) is 8.27. The number of nitrogens with one attached hydrogen (secondary N) is 1. The summed E-state index contributed by atoms with van der Waals surface area (Å²) in [6, 6.07) is 4.91. The zero-order chi connectivity index (χ0) is 14.8. The molecule has 3 N–H and O–H groups in total. The number of nitrogens with two attached hydrogens (primary N) is 1. The van der Waals surface area contributed by atoms with Gasteiger partial charge in [0.25, 0.3) is 10.0 Å². The van der Waals surface area contributed by atoms with Gasteiger partial charge in [0, 0.05) is 23.8 Å². The second-order valence-electron chi connectivity index (χ2n) is 4.16. The van der Waals surface area contributed by atoms with Crippen LogP contribution in [-0.4, -0.2) is 18.2 Å². The molecule has 0 saturated heterocycles. The van der Waals surface area contributed by atoms with E-state index < -0.39 is 10.0 Å². The van der Waals surface area contributed by atoms with E-state index in [1.54, 1.807) is 23.0 Å². The maximum absolute atomic E-state index is 12.3. The third-order valence-corrected chi connectivity index (χ3v) is 5.09. The molecule has 0 spiro atoms. The quantitative estimate of drug-likeness (QED) is 0.854. The van der Waals surface area contributed by atoms with Crippen LogP contribution in [0.5, 0.6) is 0 Å². The van der Waals surface area contributed by atoms with Crippen LogP contribution < -0.4 is 10.5 Å². The number of sulfonamides is 1. The number of aromatic nitrogens is 2. The summed E-state index contributed by atoms with van der Waals surface area (Å²) in [6.07, 6.45) is 3.11. The number of hydrogen-bond donors (Lipinski definition) is 2. The van der Waals surface area contributed by atoms with Gasteiger partial charge in [0.05, 0.1) is 11.9 Å².